The second-order valence-corrected chi connectivity index (χ2v) is 8.43. The van der Waals surface area contributed by atoms with Gasteiger partial charge in [-0.05, 0) is 24.5 Å². The predicted molar refractivity (Wildman–Crippen MR) is 95.1 cm³/mol. The van der Waals surface area contributed by atoms with Crippen molar-refractivity contribution in [3.8, 4) is 0 Å². The van der Waals surface area contributed by atoms with Crippen LogP contribution in [0.5, 0.6) is 0 Å². The van der Waals surface area contributed by atoms with Crippen LogP contribution in [0.1, 0.15) is 49.8 Å². The molecule has 0 saturated heterocycles. The van der Waals surface area contributed by atoms with Gasteiger partial charge in [0.25, 0.3) is 0 Å². The van der Waals surface area contributed by atoms with E-state index in [9.17, 15) is 4.79 Å². The molecule has 3 heterocycles. The molecule has 0 aromatic carbocycles. The fourth-order valence-corrected chi connectivity index (χ4v) is 3.94. The van der Waals surface area contributed by atoms with Crippen LogP contribution in [0.4, 0.5) is 0 Å². The Labute approximate surface area is 148 Å². The largest absolute Gasteiger partial charge is 0.335 e. The zero-order valence-corrected chi connectivity index (χ0v) is 15.6. The highest BCUT2D eigenvalue weighted by Crippen LogP contribution is 2.29. The van der Waals surface area contributed by atoms with Gasteiger partial charge in [-0.1, -0.05) is 20.8 Å². The van der Waals surface area contributed by atoms with Gasteiger partial charge in [0.15, 0.2) is 0 Å². The first kappa shape index (κ1) is 16.4. The van der Waals surface area contributed by atoms with Crippen LogP contribution in [0.2, 0.25) is 0 Å². The molecule has 1 unspecified atom stereocenters. The van der Waals surface area contributed by atoms with Crippen LogP contribution in [-0.2, 0) is 43.2 Å². The van der Waals surface area contributed by atoms with E-state index in [1.165, 1.54) is 11.3 Å². The number of carbonyl (C=O) groups excluding carboxylic acids is 1. The van der Waals surface area contributed by atoms with E-state index >= 15 is 0 Å². The van der Waals surface area contributed by atoms with Crippen LogP contribution in [0.3, 0.4) is 0 Å². The average molecular weight is 341 g/mol. The minimum Gasteiger partial charge on any atom is -0.335 e. The summed E-state index contributed by atoms with van der Waals surface area (Å²) in [6.45, 7) is 8.76. The summed E-state index contributed by atoms with van der Waals surface area (Å²) in [6.07, 6.45) is 4.65. The van der Waals surface area contributed by atoms with Gasteiger partial charge in [-0.25, -0.2) is 0 Å². The molecule has 6 nitrogen and oxygen atoms in total. The Morgan fingerprint density at radius 1 is 1.28 bits per heavy atom. The monoisotopic (exact) mass is 341 g/mol. The third-order valence-corrected chi connectivity index (χ3v) is 5.58. The highest BCUT2D eigenvalue weighted by atomic mass is 16.2. The third kappa shape index (κ3) is 2.87. The number of hydrogen-bond acceptors (Lipinski definition) is 3. The molecule has 1 amide bonds. The quantitative estimate of drug-likeness (QED) is 0.798. The minimum atomic E-state index is 0.0402. The fourth-order valence-electron chi connectivity index (χ4n) is 3.94. The molecule has 0 radical (unpaired) electrons. The topological polar surface area (TPSA) is 56.0 Å². The van der Waals surface area contributed by atoms with Crippen molar-refractivity contribution in [2.24, 2.45) is 13.0 Å². The number of fused-ring (bicyclic) bond motifs is 2. The van der Waals surface area contributed by atoms with Crippen molar-refractivity contribution in [3.63, 3.8) is 0 Å². The number of carbonyl (C=O) groups is 1. The summed E-state index contributed by atoms with van der Waals surface area (Å²) in [7, 11) is 1.97. The fraction of sp³-hybridized carbons (Fsp3) is 0.632. The molecule has 6 heteroatoms. The van der Waals surface area contributed by atoms with Crippen molar-refractivity contribution in [1.82, 2.24) is 24.5 Å². The summed E-state index contributed by atoms with van der Waals surface area (Å²) < 4.78 is 4.00. The minimum absolute atomic E-state index is 0.0402. The van der Waals surface area contributed by atoms with E-state index in [0.29, 0.717) is 6.54 Å². The lowest BCUT2D eigenvalue weighted by molar-refractivity contribution is -0.137. The Bertz CT molecular complexity index is 810. The maximum Gasteiger partial charge on any atom is 0.226 e. The zero-order chi connectivity index (χ0) is 17.8. The summed E-state index contributed by atoms with van der Waals surface area (Å²) in [4.78, 5) is 15.1. The van der Waals surface area contributed by atoms with Crippen LogP contribution in [0.25, 0.3) is 0 Å². The lowest BCUT2D eigenvalue weighted by atomic mass is 9.87. The molecule has 0 N–H and O–H groups in total. The molecule has 0 bridgehead atoms. The lowest BCUT2D eigenvalue weighted by Crippen LogP contribution is -2.43. The van der Waals surface area contributed by atoms with Crippen LogP contribution >= 0.6 is 0 Å². The Morgan fingerprint density at radius 2 is 2.08 bits per heavy atom. The smallest absolute Gasteiger partial charge is 0.226 e. The molecule has 0 spiro atoms. The van der Waals surface area contributed by atoms with Gasteiger partial charge in [0.1, 0.15) is 0 Å². The van der Waals surface area contributed by atoms with E-state index in [-0.39, 0.29) is 17.2 Å². The van der Waals surface area contributed by atoms with Crippen molar-refractivity contribution >= 4 is 5.91 Å². The first-order valence-electron chi connectivity index (χ1n) is 9.18. The van der Waals surface area contributed by atoms with Crippen LogP contribution in [-0.4, -0.2) is 36.9 Å². The highest BCUT2D eigenvalue weighted by molar-refractivity contribution is 5.79. The number of hydrogen-bond donors (Lipinski definition) is 0. The van der Waals surface area contributed by atoms with Crippen LogP contribution in [0.15, 0.2) is 12.3 Å². The number of aromatic nitrogens is 4. The molecule has 0 saturated carbocycles. The summed E-state index contributed by atoms with van der Waals surface area (Å²) in [5.74, 6) is 0.371. The summed E-state index contributed by atoms with van der Waals surface area (Å²) >= 11 is 0. The Hall–Kier alpha value is -2.11. The van der Waals surface area contributed by atoms with Crippen molar-refractivity contribution in [2.75, 3.05) is 6.54 Å². The maximum atomic E-state index is 13.1. The molecule has 2 aliphatic rings. The first-order chi connectivity index (χ1) is 11.8. The number of amides is 1. The Morgan fingerprint density at radius 3 is 2.84 bits per heavy atom. The zero-order valence-electron chi connectivity index (χ0n) is 15.6. The molecule has 2 aromatic heterocycles. The molecule has 1 atom stereocenters. The number of aryl methyl sites for hydroxylation is 2. The van der Waals surface area contributed by atoms with Gasteiger partial charge in [0, 0.05) is 37.0 Å². The van der Waals surface area contributed by atoms with Crippen molar-refractivity contribution < 1.29 is 4.79 Å². The molecule has 1 aliphatic carbocycles. The molecule has 25 heavy (non-hydrogen) atoms. The normalized spacial score (nSPS) is 20.3. The van der Waals surface area contributed by atoms with E-state index in [1.54, 1.807) is 0 Å². The van der Waals surface area contributed by atoms with E-state index in [1.807, 2.05) is 22.8 Å². The van der Waals surface area contributed by atoms with E-state index in [0.717, 1.165) is 43.7 Å². The third-order valence-electron chi connectivity index (χ3n) is 5.58. The lowest BCUT2D eigenvalue weighted by Gasteiger charge is -2.32. The summed E-state index contributed by atoms with van der Waals surface area (Å²) in [5.41, 5.74) is 4.83. The SMILES string of the molecule is Cn1ncc2c1CC(C(=O)N1CCn3nc(C(C)(C)C)cc3C1)CC2. The summed E-state index contributed by atoms with van der Waals surface area (Å²) in [5, 5.41) is 9.07. The summed E-state index contributed by atoms with van der Waals surface area (Å²) in [6, 6.07) is 2.17. The Balaban J connectivity index is 1.49. The van der Waals surface area contributed by atoms with E-state index in [2.05, 4.69) is 36.6 Å². The van der Waals surface area contributed by atoms with Gasteiger partial charge < -0.3 is 4.90 Å². The standard InChI is InChI=1S/C19H27N5O/c1-19(2,3)17-10-15-12-23(7-8-24(15)21-17)18(25)13-5-6-14-11-20-22(4)16(14)9-13/h10-11,13H,5-9,12H2,1-4H3. The molecule has 134 valence electrons. The van der Waals surface area contributed by atoms with Crippen molar-refractivity contribution in [3.05, 3.63) is 34.9 Å². The first-order valence-corrected chi connectivity index (χ1v) is 9.18. The average Bonchev–Trinajstić information content (AvgIpc) is 3.17. The molecule has 4 rings (SSSR count). The van der Waals surface area contributed by atoms with Gasteiger partial charge in [0.2, 0.25) is 5.91 Å². The van der Waals surface area contributed by atoms with Crippen LogP contribution in [0, 0.1) is 5.92 Å². The van der Waals surface area contributed by atoms with Gasteiger partial charge in [0.05, 0.1) is 30.7 Å². The molecule has 1 aliphatic heterocycles. The Kier molecular flexibility index (Phi) is 3.74. The molecule has 0 fully saturated rings. The highest BCUT2D eigenvalue weighted by Gasteiger charge is 2.32. The van der Waals surface area contributed by atoms with E-state index in [4.69, 9.17) is 5.10 Å². The van der Waals surface area contributed by atoms with Crippen molar-refractivity contribution in [1.29, 1.82) is 0 Å². The maximum absolute atomic E-state index is 13.1. The van der Waals surface area contributed by atoms with Gasteiger partial charge in [-0.3, -0.25) is 14.2 Å². The predicted octanol–water partition coefficient (Wildman–Crippen LogP) is 2.06. The van der Waals surface area contributed by atoms with Gasteiger partial charge in [-0.15, -0.1) is 0 Å². The number of rotatable bonds is 1. The second kappa shape index (κ2) is 5.71. The van der Waals surface area contributed by atoms with Crippen molar-refractivity contribution in [2.45, 2.75) is 58.5 Å². The van der Waals surface area contributed by atoms with Gasteiger partial charge >= 0.3 is 0 Å². The molecular weight excluding hydrogens is 314 g/mol. The van der Waals surface area contributed by atoms with Crippen LogP contribution < -0.4 is 0 Å². The molecule has 2 aromatic rings. The second-order valence-electron chi connectivity index (χ2n) is 8.43. The van der Waals surface area contributed by atoms with Gasteiger partial charge in [-0.2, -0.15) is 10.2 Å². The molecular formula is C19H27N5O. The van der Waals surface area contributed by atoms with E-state index < -0.39 is 0 Å². The number of nitrogens with zero attached hydrogens (tertiary/aromatic N) is 5.